The number of hydrogen-bond donors (Lipinski definition) is 2. The number of carbonyl (C=O) groups excluding carboxylic acids is 1. The van der Waals surface area contributed by atoms with Crippen molar-refractivity contribution >= 4 is 5.91 Å². The van der Waals surface area contributed by atoms with Gasteiger partial charge in [-0.25, -0.2) is 4.98 Å². The van der Waals surface area contributed by atoms with Crippen LogP contribution >= 0.6 is 0 Å². The normalized spacial score (nSPS) is 12.1. The second kappa shape index (κ2) is 7.12. The molecule has 24 heavy (non-hydrogen) atoms. The van der Waals surface area contributed by atoms with Gasteiger partial charge in [-0.1, -0.05) is 25.5 Å². The minimum atomic E-state index is -0.167. The first kappa shape index (κ1) is 16.0. The van der Waals surface area contributed by atoms with Gasteiger partial charge >= 0.3 is 0 Å². The number of benzene rings is 1. The van der Waals surface area contributed by atoms with E-state index in [2.05, 4.69) is 27.4 Å². The van der Waals surface area contributed by atoms with E-state index in [0.29, 0.717) is 5.69 Å². The lowest BCUT2D eigenvalue weighted by Crippen LogP contribution is -2.26. The maximum atomic E-state index is 12.3. The molecule has 124 valence electrons. The summed E-state index contributed by atoms with van der Waals surface area (Å²) in [6.45, 7) is 4.06. The van der Waals surface area contributed by atoms with E-state index in [-0.39, 0.29) is 11.9 Å². The fourth-order valence-electron chi connectivity index (χ4n) is 2.58. The van der Waals surface area contributed by atoms with E-state index in [4.69, 9.17) is 0 Å². The number of nitrogens with zero attached hydrogens (tertiary/aromatic N) is 3. The van der Waals surface area contributed by atoms with Gasteiger partial charge in [-0.15, -0.1) is 0 Å². The van der Waals surface area contributed by atoms with Gasteiger partial charge in [0.15, 0.2) is 0 Å². The van der Waals surface area contributed by atoms with Gasteiger partial charge in [0.05, 0.1) is 12.4 Å². The number of hydrogen-bond acceptors (Lipinski definition) is 3. The van der Waals surface area contributed by atoms with Crippen molar-refractivity contribution in [3.8, 4) is 5.69 Å². The van der Waals surface area contributed by atoms with Crippen LogP contribution in [0.1, 0.15) is 48.1 Å². The molecule has 0 spiro atoms. The Labute approximate surface area is 140 Å². The van der Waals surface area contributed by atoms with Crippen LogP contribution in [0, 0.1) is 0 Å². The number of aromatic amines is 1. The largest absolute Gasteiger partial charge is 0.344 e. The Bertz CT molecular complexity index is 789. The zero-order chi connectivity index (χ0) is 16.9. The van der Waals surface area contributed by atoms with Crippen LogP contribution in [0.4, 0.5) is 0 Å². The quantitative estimate of drug-likeness (QED) is 0.732. The van der Waals surface area contributed by atoms with Crippen LogP contribution < -0.4 is 5.32 Å². The van der Waals surface area contributed by atoms with Gasteiger partial charge in [0, 0.05) is 23.8 Å². The summed E-state index contributed by atoms with van der Waals surface area (Å²) in [5.41, 5.74) is 3.49. The van der Waals surface area contributed by atoms with E-state index in [1.165, 1.54) is 0 Å². The summed E-state index contributed by atoms with van der Waals surface area (Å²) in [7, 11) is 0. The molecule has 0 radical (unpaired) electrons. The third-order valence-corrected chi connectivity index (χ3v) is 3.93. The molecule has 6 heteroatoms. The lowest BCUT2D eigenvalue weighted by atomic mass is 10.1. The molecule has 0 fully saturated rings. The van der Waals surface area contributed by atoms with Crippen LogP contribution in [0.5, 0.6) is 0 Å². The molecule has 0 saturated carbocycles. The van der Waals surface area contributed by atoms with Gasteiger partial charge in [-0.05, 0) is 37.1 Å². The molecule has 3 rings (SSSR count). The first-order chi connectivity index (χ1) is 11.7. The van der Waals surface area contributed by atoms with Crippen molar-refractivity contribution in [2.45, 2.75) is 32.7 Å². The van der Waals surface area contributed by atoms with E-state index in [1.54, 1.807) is 12.5 Å². The fourth-order valence-corrected chi connectivity index (χ4v) is 2.58. The second-order valence-electron chi connectivity index (χ2n) is 5.79. The van der Waals surface area contributed by atoms with Crippen molar-refractivity contribution in [1.29, 1.82) is 0 Å². The highest BCUT2D eigenvalue weighted by molar-refractivity contribution is 5.92. The Hall–Kier alpha value is -2.89. The fraction of sp³-hybridized carbons (Fsp3) is 0.278. The van der Waals surface area contributed by atoms with Gasteiger partial charge in [-0.3, -0.25) is 9.89 Å². The highest BCUT2D eigenvalue weighted by Crippen LogP contribution is 2.16. The summed E-state index contributed by atoms with van der Waals surface area (Å²) < 4.78 is 1.94. The molecule has 6 nitrogen and oxygen atoms in total. The van der Waals surface area contributed by atoms with Crippen LogP contribution in [0.15, 0.2) is 49.1 Å². The molecule has 0 aliphatic heterocycles. The monoisotopic (exact) mass is 323 g/mol. The van der Waals surface area contributed by atoms with Crippen molar-refractivity contribution in [2.24, 2.45) is 0 Å². The number of rotatable bonds is 6. The first-order valence-electron chi connectivity index (χ1n) is 8.11. The summed E-state index contributed by atoms with van der Waals surface area (Å²) in [5.74, 6) is -0.167. The Balaban J connectivity index is 1.65. The third-order valence-electron chi connectivity index (χ3n) is 3.93. The van der Waals surface area contributed by atoms with Gasteiger partial charge in [0.1, 0.15) is 5.69 Å². The standard InChI is InChI=1S/C18H21N5O/c1-3-4-15-11-17(22-21-15)18(24)20-13(2)14-5-7-16(8-6-14)23-10-9-19-12-23/h5-13H,3-4H2,1-2H3,(H,20,24)(H,21,22)/t13-/m1/s1. The van der Waals surface area contributed by atoms with Crippen LogP contribution in [0.2, 0.25) is 0 Å². The third kappa shape index (κ3) is 3.53. The molecule has 1 atom stereocenters. The van der Waals surface area contributed by atoms with Crippen LogP contribution in [-0.2, 0) is 6.42 Å². The van der Waals surface area contributed by atoms with Crippen molar-refractivity contribution in [2.75, 3.05) is 0 Å². The molecule has 0 bridgehead atoms. The highest BCUT2D eigenvalue weighted by Gasteiger charge is 2.14. The van der Waals surface area contributed by atoms with Crippen LogP contribution in [0.25, 0.3) is 5.69 Å². The van der Waals surface area contributed by atoms with Crippen molar-refractivity contribution in [3.05, 3.63) is 66.0 Å². The van der Waals surface area contributed by atoms with Crippen LogP contribution in [0.3, 0.4) is 0 Å². The molecule has 1 aromatic carbocycles. The Morgan fingerprint density at radius 3 is 2.79 bits per heavy atom. The zero-order valence-electron chi connectivity index (χ0n) is 13.9. The highest BCUT2D eigenvalue weighted by atomic mass is 16.2. The molecule has 1 amide bonds. The molecular formula is C18H21N5O. The molecule has 0 aliphatic rings. The van der Waals surface area contributed by atoms with Gasteiger partial charge in [0.2, 0.25) is 0 Å². The topological polar surface area (TPSA) is 75.6 Å². The Morgan fingerprint density at radius 2 is 2.12 bits per heavy atom. The maximum absolute atomic E-state index is 12.3. The van der Waals surface area contributed by atoms with Crippen molar-refractivity contribution in [1.82, 2.24) is 25.1 Å². The molecule has 3 aromatic rings. The predicted octanol–water partition coefficient (Wildman–Crippen LogP) is 3.04. The minimum Gasteiger partial charge on any atom is -0.344 e. The first-order valence-corrected chi connectivity index (χ1v) is 8.11. The second-order valence-corrected chi connectivity index (χ2v) is 5.79. The Kier molecular flexibility index (Phi) is 4.74. The van der Waals surface area contributed by atoms with E-state index >= 15 is 0 Å². The molecule has 2 heterocycles. The average Bonchev–Trinajstić information content (AvgIpc) is 3.27. The summed E-state index contributed by atoms with van der Waals surface area (Å²) in [6, 6.07) is 9.75. The minimum absolute atomic E-state index is 0.0966. The van der Waals surface area contributed by atoms with Crippen molar-refractivity contribution < 1.29 is 4.79 Å². The number of carbonyl (C=O) groups is 1. The van der Waals surface area contributed by atoms with Crippen LogP contribution in [-0.4, -0.2) is 25.7 Å². The summed E-state index contributed by atoms with van der Waals surface area (Å²) in [5, 5.41) is 9.97. The molecule has 2 aromatic heterocycles. The zero-order valence-corrected chi connectivity index (χ0v) is 13.9. The SMILES string of the molecule is CCCc1cc(C(=O)N[C@H](C)c2ccc(-n3ccnc3)cc2)n[nH]1. The molecule has 0 saturated heterocycles. The summed E-state index contributed by atoms with van der Waals surface area (Å²) >= 11 is 0. The summed E-state index contributed by atoms with van der Waals surface area (Å²) in [4.78, 5) is 16.3. The number of amides is 1. The van der Waals surface area contributed by atoms with E-state index in [0.717, 1.165) is 29.8 Å². The van der Waals surface area contributed by atoms with E-state index in [1.807, 2.05) is 48.0 Å². The van der Waals surface area contributed by atoms with Gasteiger partial charge < -0.3 is 9.88 Å². The van der Waals surface area contributed by atoms with Gasteiger partial charge in [-0.2, -0.15) is 5.10 Å². The van der Waals surface area contributed by atoms with E-state index < -0.39 is 0 Å². The van der Waals surface area contributed by atoms with Gasteiger partial charge in [0.25, 0.3) is 5.91 Å². The lowest BCUT2D eigenvalue weighted by Gasteiger charge is -2.14. The number of H-pyrrole nitrogens is 1. The van der Waals surface area contributed by atoms with E-state index in [9.17, 15) is 4.79 Å². The maximum Gasteiger partial charge on any atom is 0.272 e. The number of aryl methyl sites for hydroxylation is 1. The molecule has 0 aliphatic carbocycles. The predicted molar refractivity (Wildman–Crippen MR) is 92.0 cm³/mol. The number of imidazole rings is 1. The Morgan fingerprint density at radius 1 is 1.33 bits per heavy atom. The lowest BCUT2D eigenvalue weighted by molar-refractivity contribution is 0.0935. The smallest absolute Gasteiger partial charge is 0.272 e. The number of aromatic nitrogens is 4. The average molecular weight is 323 g/mol. The number of nitrogens with one attached hydrogen (secondary N) is 2. The van der Waals surface area contributed by atoms with Crippen molar-refractivity contribution in [3.63, 3.8) is 0 Å². The molecule has 2 N–H and O–H groups in total. The molecular weight excluding hydrogens is 302 g/mol. The molecule has 0 unspecified atom stereocenters. The summed E-state index contributed by atoms with van der Waals surface area (Å²) in [6.07, 6.45) is 7.30.